The quantitative estimate of drug-likeness (QED) is 0.419. The minimum absolute atomic E-state index is 0.744. The molecule has 0 aliphatic heterocycles. The molecule has 2 N–H and O–H groups in total. The number of hydrogen-bond donors (Lipinski definition) is 1. The molecule has 0 saturated carbocycles. The predicted octanol–water partition coefficient (Wildman–Crippen LogP) is 0.799. The van der Waals surface area contributed by atoms with E-state index in [1.165, 1.54) is 0 Å². The second-order valence-corrected chi connectivity index (χ2v) is 1.70. The third-order valence-corrected chi connectivity index (χ3v) is 0.954. The molecule has 0 bridgehead atoms. The molecule has 0 aliphatic rings. The second-order valence-electron chi connectivity index (χ2n) is 1.15. The number of nitrogens with zero attached hydrogens (tertiary/aromatic N) is 1. The molecular formula is C4H9IN2. The Morgan fingerprint density at radius 3 is 2.86 bits per heavy atom. The lowest BCUT2D eigenvalue weighted by Gasteiger charge is -1.84. The molecule has 0 aromatic rings. The number of nitrogens with two attached hydrogens (primary N) is 1. The van der Waals surface area contributed by atoms with E-state index in [1.54, 1.807) is 4.22 Å². The van der Waals surface area contributed by atoms with Gasteiger partial charge < -0.3 is 5.73 Å². The SMILES string of the molecule is NCCCN=CI. The van der Waals surface area contributed by atoms with Crippen molar-refractivity contribution in [2.75, 3.05) is 13.1 Å². The van der Waals surface area contributed by atoms with Gasteiger partial charge in [0.2, 0.25) is 0 Å². The van der Waals surface area contributed by atoms with Gasteiger partial charge in [0.25, 0.3) is 0 Å². The van der Waals surface area contributed by atoms with Gasteiger partial charge in [0, 0.05) is 6.54 Å². The molecule has 0 unspecified atom stereocenters. The highest BCUT2D eigenvalue weighted by Gasteiger charge is 1.73. The number of rotatable bonds is 3. The van der Waals surface area contributed by atoms with Crippen LogP contribution in [0, 0.1) is 0 Å². The molecule has 2 nitrogen and oxygen atoms in total. The van der Waals surface area contributed by atoms with Gasteiger partial charge in [-0.1, -0.05) is 0 Å². The van der Waals surface area contributed by atoms with Gasteiger partial charge in [-0.05, 0) is 35.6 Å². The van der Waals surface area contributed by atoms with Crippen molar-refractivity contribution in [1.29, 1.82) is 0 Å². The van der Waals surface area contributed by atoms with Crippen molar-refractivity contribution in [1.82, 2.24) is 0 Å². The van der Waals surface area contributed by atoms with Crippen LogP contribution in [0.15, 0.2) is 4.99 Å². The summed E-state index contributed by atoms with van der Waals surface area (Å²) < 4.78 is 1.77. The Morgan fingerprint density at radius 2 is 2.43 bits per heavy atom. The smallest absolute Gasteiger partial charge is 0.0595 e. The predicted molar refractivity (Wildman–Crippen MR) is 41.1 cm³/mol. The van der Waals surface area contributed by atoms with Crippen LogP contribution in [0.1, 0.15) is 6.42 Å². The summed E-state index contributed by atoms with van der Waals surface area (Å²) in [7, 11) is 0. The molecule has 0 amide bonds. The molecule has 0 saturated heterocycles. The molecule has 3 heteroatoms. The fourth-order valence-corrected chi connectivity index (χ4v) is 0.510. The van der Waals surface area contributed by atoms with Crippen molar-refractivity contribution in [3.63, 3.8) is 0 Å². The van der Waals surface area contributed by atoms with Gasteiger partial charge in [0.1, 0.15) is 0 Å². The van der Waals surface area contributed by atoms with Crippen molar-refractivity contribution in [3.8, 4) is 0 Å². The molecule has 0 aliphatic carbocycles. The lowest BCUT2D eigenvalue weighted by molar-refractivity contribution is 0.849. The lowest BCUT2D eigenvalue weighted by atomic mass is 10.4. The first-order valence-electron chi connectivity index (χ1n) is 2.20. The highest BCUT2D eigenvalue weighted by molar-refractivity contribution is 14.1. The molecule has 0 aromatic heterocycles. The van der Waals surface area contributed by atoms with E-state index < -0.39 is 0 Å². The van der Waals surface area contributed by atoms with Crippen molar-refractivity contribution in [3.05, 3.63) is 0 Å². The van der Waals surface area contributed by atoms with Crippen LogP contribution < -0.4 is 5.73 Å². The zero-order valence-electron chi connectivity index (χ0n) is 4.10. The average molecular weight is 212 g/mol. The Hall–Kier alpha value is 0.360. The number of aliphatic imine (C=N–C) groups is 1. The summed E-state index contributed by atoms with van der Waals surface area (Å²) in [5.74, 6) is 0. The van der Waals surface area contributed by atoms with E-state index in [1.807, 2.05) is 0 Å². The summed E-state index contributed by atoms with van der Waals surface area (Å²) in [5, 5.41) is 0. The van der Waals surface area contributed by atoms with Crippen LogP contribution in [-0.2, 0) is 0 Å². The van der Waals surface area contributed by atoms with Gasteiger partial charge in [-0.25, -0.2) is 0 Å². The zero-order chi connectivity index (χ0) is 5.54. The Balaban J connectivity index is 2.69. The zero-order valence-corrected chi connectivity index (χ0v) is 6.26. The van der Waals surface area contributed by atoms with E-state index in [0.717, 1.165) is 19.5 Å². The summed E-state index contributed by atoms with van der Waals surface area (Å²) in [6, 6.07) is 0. The molecule has 7 heavy (non-hydrogen) atoms. The minimum atomic E-state index is 0.744. The molecule has 0 radical (unpaired) electrons. The third kappa shape index (κ3) is 6.36. The molecule has 0 atom stereocenters. The monoisotopic (exact) mass is 212 g/mol. The lowest BCUT2D eigenvalue weighted by Crippen LogP contribution is -1.99. The maximum atomic E-state index is 5.19. The normalized spacial score (nSPS) is 10.6. The van der Waals surface area contributed by atoms with Gasteiger partial charge in [-0.15, -0.1) is 0 Å². The van der Waals surface area contributed by atoms with Gasteiger partial charge in [0.15, 0.2) is 0 Å². The first-order chi connectivity index (χ1) is 3.41. The van der Waals surface area contributed by atoms with Crippen molar-refractivity contribution < 1.29 is 0 Å². The molecule has 0 fully saturated rings. The van der Waals surface area contributed by atoms with E-state index in [2.05, 4.69) is 27.6 Å². The number of hydrogen-bond acceptors (Lipinski definition) is 2. The topological polar surface area (TPSA) is 38.4 Å². The van der Waals surface area contributed by atoms with Gasteiger partial charge in [0.05, 0.1) is 4.22 Å². The highest BCUT2D eigenvalue weighted by atomic mass is 127. The second kappa shape index (κ2) is 6.36. The first kappa shape index (κ1) is 7.36. The Bertz CT molecular complexity index is 53.7. The van der Waals surface area contributed by atoms with E-state index in [0.29, 0.717) is 0 Å². The summed E-state index contributed by atoms with van der Waals surface area (Å²) >= 11 is 2.09. The Morgan fingerprint density at radius 1 is 1.71 bits per heavy atom. The summed E-state index contributed by atoms with van der Waals surface area (Å²) in [6.07, 6.45) is 1.000. The van der Waals surface area contributed by atoms with E-state index in [-0.39, 0.29) is 0 Å². The van der Waals surface area contributed by atoms with Crippen LogP contribution >= 0.6 is 22.6 Å². The van der Waals surface area contributed by atoms with Crippen LogP contribution in [0.3, 0.4) is 0 Å². The van der Waals surface area contributed by atoms with Crippen molar-refractivity contribution in [2.24, 2.45) is 10.7 Å². The van der Waals surface area contributed by atoms with Crippen molar-refractivity contribution in [2.45, 2.75) is 6.42 Å². The Labute approximate surface area is 57.3 Å². The molecule has 0 spiro atoms. The molecular weight excluding hydrogens is 203 g/mol. The molecule has 0 rings (SSSR count). The van der Waals surface area contributed by atoms with E-state index in [4.69, 9.17) is 5.73 Å². The van der Waals surface area contributed by atoms with Gasteiger partial charge in [-0.2, -0.15) is 0 Å². The van der Waals surface area contributed by atoms with Crippen LogP contribution in [0.4, 0.5) is 0 Å². The highest BCUT2D eigenvalue weighted by Crippen LogP contribution is 1.77. The molecule has 42 valence electrons. The van der Waals surface area contributed by atoms with Crippen LogP contribution in [0.2, 0.25) is 0 Å². The number of halogens is 1. The fourth-order valence-electron chi connectivity index (χ4n) is 0.231. The van der Waals surface area contributed by atoms with E-state index >= 15 is 0 Å². The summed E-state index contributed by atoms with van der Waals surface area (Å²) in [6.45, 7) is 1.62. The largest absolute Gasteiger partial charge is 0.330 e. The van der Waals surface area contributed by atoms with Crippen LogP contribution in [0.5, 0.6) is 0 Å². The van der Waals surface area contributed by atoms with Crippen molar-refractivity contribution >= 4 is 26.8 Å². The molecule has 0 aromatic carbocycles. The minimum Gasteiger partial charge on any atom is -0.330 e. The average Bonchev–Trinajstić information content (AvgIpc) is 1.69. The first-order valence-corrected chi connectivity index (χ1v) is 3.45. The van der Waals surface area contributed by atoms with Crippen LogP contribution in [-0.4, -0.2) is 17.3 Å². The van der Waals surface area contributed by atoms with Crippen LogP contribution in [0.25, 0.3) is 0 Å². The third-order valence-electron chi connectivity index (χ3n) is 0.560. The standard InChI is InChI=1S/C4H9IN2/c5-4-7-3-1-2-6/h4H,1-3,6H2. The van der Waals surface area contributed by atoms with E-state index in [9.17, 15) is 0 Å². The maximum absolute atomic E-state index is 5.19. The van der Waals surface area contributed by atoms with Gasteiger partial charge >= 0.3 is 0 Å². The Kier molecular flexibility index (Phi) is 6.69. The summed E-state index contributed by atoms with van der Waals surface area (Å²) in [5.41, 5.74) is 5.19. The summed E-state index contributed by atoms with van der Waals surface area (Å²) in [4.78, 5) is 3.94. The fraction of sp³-hybridized carbons (Fsp3) is 0.750. The maximum Gasteiger partial charge on any atom is 0.0595 e. The van der Waals surface area contributed by atoms with Gasteiger partial charge in [-0.3, -0.25) is 4.99 Å². The molecule has 0 heterocycles.